The van der Waals surface area contributed by atoms with Crippen molar-refractivity contribution in [2.45, 2.75) is 19.4 Å². The van der Waals surface area contributed by atoms with Crippen LogP contribution < -0.4 is 4.90 Å². The molecule has 0 unspecified atom stereocenters. The Morgan fingerprint density at radius 3 is 2.62 bits per heavy atom. The molecule has 0 saturated carbocycles. The highest BCUT2D eigenvalue weighted by Crippen LogP contribution is 2.17. The summed E-state index contributed by atoms with van der Waals surface area (Å²) >= 11 is 0. The Bertz CT molecular complexity index is 265. The molecular formula is C10H14N2O. The Labute approximate surface area is 78.0 Å². The standard InChI is InChI=1S/C10H14N2O/c13-8-9-3-4-10(11-7-9)12-5-1-2-6-12/h3-4,7,13H,1-2,5-6,8H2. The lowest BCUT2D eigenvalue weighted by Gasteiger charge is -2.15. The third-order valence-corrected chi connectivity index (χ3v) is 2.42. The predicted octanol–water partition coefficient (Wildman–Crippen LogP) is 1.17. The largest absolute Gasteiger partial charge is 0.392 e. The normalized spacial score (nSPS) is 16.5. The second-order valence-electron chi connectivity index (χ2n) is 3.38. The maximum absolute atomic E-state index is 8.84. The molecule has 2 heterocycles. The zero-order valence-corrected chi connectivity index (χ0v) is 7.61. The molecule has 1 saturated heterocycles. The first-order chi connectivity index (χ1) is 6.40. The first-order valence-corrected chi connectivity index (χ1v) is 4.71. The molecule has 3 nitrogen and oxygen atoms in total. The van der Waals surface area contributed by atoms with Gasteiger partial charge in [0.15, 0.2) is 0 Å². The Morgan fingerprint density at radius 1 is 1.31 bits per heavy atom. The molecule has 0 atom stereocenters. The van der Waals surface area contributed by atoms with Crippen LogP contribution in [-0.2, 0) is 6.61 Å². The van der Waals surface area contributed by atoms with Crippen LogP contribution in [0.15, 0.2) is 18.3 Å². The van der Waals surface area contributed by atoms with E-state index in [9.17, 15) is 0 Å². The van der Waals surface area contributed by atoms with Crippen LogP contribution in [0, 0.1) is 0 Å². The van der Waals surface area contributed by atoms with Gasteiger partial charge in [-0.25, -0.2) is 4.98 Å². The summed E-state index contributed by atoms with van der Waals surface area (Å²) in [5.41, 5.74) is 0.878. The van der Waals surface area contributed by atoms with Gasteiger partial charge < -0.3 is 10.0 Å². The van der Waals surface area contributed by atoms with Gasteiger partial charge in [-0.1, -0.05) is 6.07 Å². The topological polar surface area (TPSA) is 36.4 Å². The van der Waals surface area contributed by atoms with Crippen LogP contribution in [0.25, 0.3) is 0 Å². The average molecular weight is 178 g/mol. The summed E-state index contributed by atoms with van der Waals surface area (Å²) in [5, 5.41) is 8.84. The second kappa shape index (κ2) is 3.75. The van der Waals surface area contributed by atoms with Crippen molar-refractivity contribution in [3.05, 3.63) is 23.9 Å². The number of hydrogen-bond donors (Lipinski definition) is 1. The molecular weight excluding hydrogens is 164 g/mol. The maximum Gasteiger partial charge on any atom is 0.128 e. The van der Waals surface area contributed by atoms with E-state index in [0.717, 1.165) is 24.5 Å². The van der Waals surface area contributed by atoms with Crippen LogP contribution in [0.4, 0.5) is 5.82 Å². The zero-order chi connectivity index (χ0) is 9.10. The zero-order valence-electron chi connectivity index (χ0n) is 7.61. The number of aliphatic hydroxyl groups is 1. The third-order valence-electron chi connectivity index (χ3n) is 2.42. The van der Waals surface area contributed by atoms with E-state index >= 15 is 0 Å². The van der Waals surface area contributed by atoms with Crippen LogP contribution in [0.3, 0.4) is 0 Å². The highest BCUT2D eigenvalue weighted by Gasteiger charge is 2.12. The molecule has 0 bridgehead atoms. The van der Waals surface area contributed by atoms with E-state index in [4.69, 9.17) is 5.11 Å². The molecule has 1 aliphatic heterocycles. The molecule has 0 amide bonds. The molecule has 1 fully saturated rings. The molecule has 13 heavy (non-hydrogen) atoms. The van der Waals surface area contributed by atoms with Gasteiger partial charge in [-0.05, 0) is 24.5 Å². The van der Waals surface area contributed by atoms with Gasteiger partial charge in [-0.2, -0.15) is 0 Å². The first-order valence-electron chi connectivity index (χ1n) is 4.71. The summed E-state index contributed by atoms with van der Waals surface area (Å²) in [6.45, 7) is 2.31. The number of aromatic nitrogens is 1. The van der Waals surface area contributed by atoms with Gasteiger partial charge >= 0.3 is 0 Å². The molecule has 1 aromatic rings. The van der Waals surface area contributed by atoms with E-state index in [-0.39, 0.29) is 6.61 Å². The molecule has 0 aliphatic carbocycles. The summed E-state index contributed by atoms with van der Waals surface area (Å²) in [6, 6.07) is 3.91. The first kappa shape index (κ1) is 8.51. The molecule has 0 spiro atoms. The van der Waals surface area contributed by atoms with Crippen molar-refractivity contribution >= 4 is 5.82 Å². The van der Waals surface area contributed by atoms with Crippen molar-refractivity contribution in [1.82, 2.24) is 4.98 Å². The molecule has 0 radical (unpaired) electrons. The lowest BCUT2D eigenvalue weighted by Crippen LogP contribution is -2.18. The fraction of sp³-hybridized carbons (Fsp3) is 0.500. The molecule has 3 heteroatoms. The van der Waals surface area contributed by atoms with E-state index in [1.165, 1.54) is 12.8 Å². The van der Waals surface area contributed by atoms with Gasteiger partial charge in [-0.3, -0.25) is 0 Å². The fourth-order valence-electron chi connectivity index (χ4n) is 1.64. The van der Waals surface area contributed by atoms with Crippen molar-refractivity contribution < 1.29 is 5.11 Å². The Balaban J connectivity index is 2.12. The molecule has 70 valence electrons. The van der Waals surface area contributed by atoms with E-state index in [1.54, 1.807) is 6.20 Å². The van der Waals surface area contributed by atoms with Crippen molar-refractivity contribution in [2.24, 2.45) is 0 Å². The van der Waals surface area contributed by atoms with Gasteiger partial charge in [0.2, 0.25) is 0 Å². The number of nitrogens with zero attached hydrogens (tertiary/aromatic N) is 2. The SMILES string of the molecule is OCc1ccc(N2CCCC2)nc1. The molecule has 1 aliphatic rings. The minimum absolute atomic E-state index is 0.0767. The Morgan fingerprint density at radius 2 is 2.08 bits per heavy atom. The summed E-state index contributed by atoms with van der Waals surface area (Å²) in [5.74, 6) is 1.04. The maximum atomic E-state index is 8.84. The number of pyridine rings is 1. The number of anilines is 1. The predicted molar refractivity (Wildman–Crippen MR) is 51.6 cm³/mol. The average Bonchev–Trinajstić information content (AvgIpc) is 2.71. The van der Waals surface area contributed by atoms with E-state index < -0.39 is 0 Å². The van der Waals surface area contributed by atoms with Crippen LogP contribution >= 0.6 is 0 Å². The van der Waals surface area contributed by atoms with Crippen LogP contribution in [0.5, 0.6) is 0 Å². The highest BCUT2D eigenvalue weighted by atomic mass is 16.3. The third kappa shape index (κ3) is 1.80. The Hall–Kier alpha value is -1.09. The van der Waals surface area contributed by atoms with Crippen LogP contribution in [0.2, 0.25) is 0 Å². The number of aliphatic hydroxyl groups excluding tert-OH is 1. The van der Waals surface area contributed by atoms with Gasteiger partial charge in [0.25, 0.3) is 0 Å². The van der Waals surface area contributed by atoms with Crippen LogP contribution in [-0.4, -0.2) is 23.2 Å². The number of rotatable bonds is 2. The van der Waals surface area contributed by atoms with Crippen molar-refractivity contribution in [1.29, 1.82) is 0 Å². The smallest absolute Gasteiger partial charge is 0.128 e. The van der Waals surface area contributed by atoms with Gasteiger partial charge in [-0.15, -0.1) is 0 Å². The Kier molecular flexibility index (Phi) is 2.45. The van der Waals surface area contributed by atoms with Gasteiger partial charge in [0.1, 0.15) is 5.82 Å². The molecule has 2 rings (SSSR count). The molecule has 1 aromatic heterocycles. The van der Waals surface area contributed by atoms with E-state index in [0.29, 0.717) is 0 Å². The molecule has 0 aromatic carbocycles. The summed E-state index contributed by atoms with van der Waals surface area (Å²) < 4.78 is 0. The molecule has 1 N–H and O–H groups in total. The number of hydrogen-bond acceptors (Lipinski definition) is 3. The van der Waals surface area contributed by atoms with Gasteiger partial charge in [0.05, 0.1) is 6.61 Å². The summed E-state index contributed by atoms with van der Waals surface area (Å²) in [4.78, 5) is 6.58. The van der Waals surface area contributed by atoms with Crippen molar-refractivity contribution in [2.75, 3.05) is 18.0 Å². The summed E-state index contributed by atoms with van der Waals surface area (Å²) in [6.07, 6.45) is 4.28. The van der Waals surface area contributed by atoms with Crippen molar-refractivity contribution in [3.63, 3.8) is 0 Å². The lowest BCUT2D eigenvalue weighted by atomic mass is 10.3. The quantitative estimate of drug-likeness (QED) is 0.738. The van der Waals surface area contributed by atoms with E-state index in [1.807, 2.05) is 12.1 Å². The minimum atomic E-state index is 0.0767. The summed E-state index contributed by atoms with van der Waals surface area (Å²) in [7, 11) is 0. The van der Waals surface area contributed by atoms with Crippen LogP contribution in [0.1, 0.15) is 18.4 Å². The minimum Gasteiger partial charge on any atom is -0.392 e. The van der Waals surface area contributed by atoms with Crippen molar-refractivity contribution in [3.8, 4) is 0 Å². The highest BCUT2D eigenvalue weighted by molar-refractivity contribution is 5.39. The monoisotopic (exact) mass is 178 g/mol. The lowest BCUT2D eigenvalue weighted by molar-refractivity contribution is 0.281. The van der Waals surface area contributed by atoms with Gasteiger partial charge in [0, 0.05) is 19.3 Å². The second-order valence-corrected chi connectivity index (χ2v) is 3.38. The fourth-order valence-corrected chi connectivity index (χ4v) is 1.64. The van der Waals surface area contributed by atoms with E-state index in [2.05, 4.69) is 9.88 Å².